The van der Waals surface area contributed by atoms with Gasteiger partial charge in [-0.3, -0.25) is 0 Å². The van der Waals surface area contributed by atoms with Gasteiger partial charge in [-0.25, -0.2) is 0 Å². The van der Waals surface area contributed by atoms with Gasteiger partial charge in [-0.2, -0.15) is 0 Å². The van der Waals surface area contributed by atoms with Crippen molar-refractivity contribution < 1.29 is 5.11 Å². The van der Waals surface area contributed by atoms with Crippen molar-refractivity contribution >= 4 is 0 Å². The molecular formula is C17H27NO. The molecule has 1 aromatic carbocycles. The van der Waals surface area contributed by atoms with Gasteiger partial charge in [0.2, 0.25) is 0 Å². The van der Waals surface area contributed by atoms with Crippen LogP contribution in [0.1, 0.15) is 57.1 Å². The summed E-state index contributed by atoms with van der Waals surface area (Å²) < 4.78 is 0. The molecule has 1 aliphatic rings. The van der Waals surface area contributed by atoms with Crippen LogP contribution in [-0.4, -0.2) is 17.8 Å². The Hall–Kier alpha value is -0.860. The lowest BCUT2D eigenvalue weighted by Crippen LogP contribution is -2.29. The van der Waals surface area contributed by atoms with E-state index in [-0.39, 0.29) is 11.5 Å². The molecule has 0 saturated heterocycles. The van der Waals surface area contributed by atoms with E-state index in [2.05, 4.69) is 50.4 Å². The summed E-state index contributed by atoms with van der Waals surface area (Å²) in [6.45, 7) is 7.99. The van der Waals surface area contributed by atoms with Crippen LogP contribution in [0.3, 0.4) is 0 Å². The second kappa shape index (κ2) is 6.06. The first-order valence-electron chi connectivity index (χ1n) is 7.42. The van der Waals surface area contributed by atoms with Crippen LogP contribution in [0.15, 0.2) is 24.3 Å². The minimum absolute atomic E-state index is 0.188. The second-order valence-electron chi connectivity index (χ2n) is 7.07. The molecule has 2 N–H and O–H groups in total. The van der Waals surface area contributed by atoms with Gasteiger partial charge in [0.05, 0.1) is 6.10 Å². The standard InChI is InChI=1S/C17H27NO/c1-17(2,3)10-16(19)12-18-11-13-4-6-14(7-5-13)15-8-9-15/h4-7,15-16,18-19H,8-12H2,1-3H3. The Morgan fingerprint density at radius 2 is 1.84 bits per heavy atom. The topological polar surface area (TPSA) is 32.3 Å². The second-order valence-corrected chi connectivity index (χ2v) is 7.07. The summed E-state index contributed by atoms with van der Waals surface area (Å²) in [6.07, 6.45) is 3.29. The van der Waals surface area contributed by atoms with E-state index >= 15 is 0 Å². The molecule has 0 aromatic heterocycles. The normalized spacial score (nSPS) is 17.5. The number of aliphatic hydroxyl groups excluding tert-OH is 1. The molecule has 1 aliphatic carbocycles. The maximum Gasteiger partial charge on any atom is 0.0669 e. The molecule has 1 aromatic rings. The molecule has 2 heteroatoms. The monoisotopic (exact) mass is 261 g/mol. The van der Waals surface area contributed by atoms with Gasteiger partial charge in [0, 0.05) is 13.1 Å². The van der Waals surface area contributed by atoms with Crippen LogP contribution in [0.25, 0.3) is 0 Å². The van der Waals surface area contributed by atoms with Crippen LogP contribution in [0, 0.1) is 5.41 Å². The molecule has 106 valence electrons. The van der Waals surface area contributed by atoms with Gasteiger partial charge in [-0.05, 0) is 41.7 Å². The predicted molar refractivity (Wildman–Crippen MR) is 80.2 cm³/mol. The third-order valence-electron chi connectivity index (χ3n) is 3.59. The van der Waals surface area contributed by atoms with Crippen LogP contribution in [0.2, 0.25) is 0 Å². The van der Waals surface area contributed by atoms with E-state index in [1.807, 2.05) is 0 Å². The van der Waals surface area contributed by atoms with E-state index in [1.54, 1.807) is 0 Å². The van der Waals surface area contributed by atoms with E-state index in [4.69, 9.17) is 0 Å². The summed E-state index contributed by atoms with van der Waals surface area (Å²) in [6, 6.07) is 8.91. The van der Waals surface area contributed by atoms with Crippen molar-refractivity contribution in [2.75, 3.05) is 6.54 Å². The van der Waals surface area contributed by atoms with Crippen molar-refractivity contribution in [2.45, 2.75) is 58.6 Å². The van der Waals surface area contributed by atoms with Crippen molar-refractivity contribution in [2.24, 2.45) is 5.41 Å². The summed E-state index contributed by atoms with van der Waals surface area (Å²) in [5.74, 6) is 0.829. The number of aliphatic hydroxyl groups is 1. The van der Waals surface area contributed by atoms with E-state index < -0.39 is 0 Å². The Bertz CT molecular complexity index is 387. The van der Waals surface area contributed by atoms with Gasteiger partial charge in [0.1, 0.15) is 0 Å². The van der Waals surface area contributed by atoms with Gasteiger partial charge in [0.15, 0.2) is 0 Å². The highest BCUT2D eigenvalue weighted by Gasteiger charge is 2.22. The third-order valence-corrected chi connectivity index (χ3v) is 3.59. The zero-order chi connectivity index (χ0) is 13.9. The average Bonchev–Trinajstić information content (AvgIpc) is 3.11. The molecule has 2 rings (SSSR count). The summed E-state index contributed by atoms with van der Waals surface area (Å²) in [5.41, 5.74) is 2.97. The average molecular weight is 261 g/mol. The molecular weight excluding hydrogens is 234 g/mol. The highest BCUT2D eigenvalue weighted by Crippen LogP contribution is 2.39. The fourth-order valence-corrected chi connectivity index (χ4v) is 2.49. The number of rotatable bonds is 6. The maximum absolute atomic E-state index is 9.93. The maximum atomic E-state index is 9.93. The molecule has 0 radical (unpaired) electrons. The number of benzene rings is 1. The van der Waals surface area contributed by atoms with Crippen molar-refractivity contribution in [1.82, 2.24) is 5.32 Å². The zero-order valence-corrected chi connectivity index (χ0v) is 12.4. The summed E-state index contributed by atoms with van der Waals surface area (Å²) in [5, 5.41) is 13.3. The van der Waals surface area contributed by atoms with Crippen molar-refractivity contribution in [3.05, 3.63) is 35.4 Å². The molecule has 0 bridgehead atoms. The highest BCUT2D eigenvalue weighted by molar-refractivity contribution is 5.27. The lowest BCUT2D eigenvalue weighted by Gasteiger charge is -2.22. The zero-order valence-electron chi connectivity index (χ0n) is 12.4. The lowest BCUT2D eigenvalue weighted by molar-refractivity contribution is 0.119. The lowest BCUT2D eigenvalue weighted by atomic mass is 9.89. The van der Waals surface area contributed by atoms with E-state index in [9.17, 15) is 5.11 Å². The van der Waals surface area contributed by atoms with Gasteiger partial charge in [-0.1, -0.05) is 45.0 Å². The first-order valence-corrected chi connectivity index (χ1v) is 7.42. The molecule has 19 heavy (non-hydrogen) atoms. The Kier molecular flexibility index (Phi) is 4.64. The molecule has 0 amide bonds. The van der Waals surface area contributed by atoms with Gasteiger partial charge in [-0.15, -0.1) is 0 Å². The molecule has 1 unspecified atom stereocenters. The predicted octanol–water partition coefficient (Wildman–Crippen LogP) is 3.45. The largest absolute Gasteiger partial charge is 0.392 e. The Balaban J connectivity index is 1.70. The van der Waals surface area contributed by atoms with Crippen molar-refractivity contribution in [3.8, 4) is 0 Å². The van der Waals surface area contributed by atoms with Crippen molar-refractivity contribution in [3.63, 3.8) is 0 Å². The third kappa shape index (κ3) is 5.33. The Morgan fingerprint density at radius 3 is 2.37 bits per heavy atom. The van der Waals surface area contributed by atoms with Crippen LogP contribution in [0.4, 0.5) is 0 Å². The first-order chi connectivity index (χ1) is 8.94. The Morgan fingerprint density at radius 1 is 1.21 bits per heavy atom. The highest BCUT2D eigenvalue weighted by atomic mass is 16.3. The summed E-state index contributed by atoms with van der Waals surface area (Å²) in [4.78, 5) is 0. The SMILES string of the molecule is CC(C)(C)CC(O)CNCc1ccc(C2CC2)cc1. The van der Waals surface area contributed by atoms with E-state index in [0.29, 0.717) is 6.54 Å². The number of hydrogen-bond acceptors (Lipinski definition) is 2. The molecule has 1 fully saturated rings. The fraction of sp³-hybridized carbons (Fsp3) is 0.647. The summed E-state index contributed by atoms with van der Waals surface area (Å²) in [7, 11) is 0. The smallest absolute Gasteiger partial charge is 0.0669 e. The van der Waals surface area contributed by atoms with Crippen molar-refractivity contribution in [1.29, 1.82) is 0 Å². The quantitative estimate of drug-likeness (QED) is 0.822. The number of hydrogen-bond donors (Lipinski definition) is 2. The molecule has 0 spiro atoms. The van der Waals surface area contributed by atoms with Gasteiger partial charge < -0.3 is 10.4 Å². The molecule has 1 atom stereocenters. The van der Waals surface area contributed by atoms with Gasteiger partial charge in [0.25, 0.3) is 0 Å². The van der Waals surface area contributed by atoms with Gasteiger partial charge >= 0.3 is 0 Å². The Labute approximate surface area is 117 Å². The first kappa shape index (κ1) is 14.5. The van der Waals surface area contributed by atoms with E-state index in [1.165, 1.54) is 24.0 Å². The minimum atomic E-state index is -0.259. The summed E-state index contributed by atoms with van der Waals surface area (Å²) >= 11 is 0. The van der Waals surface area contributed by atoms with E-state index in [0.717, 1.165) is 18.9 Å². The molecule has 0 aliphatic heterocycles. The molecule has 2 nitrogen and oxygen atoms in total. The number of nitrogens with one attached hydrogen (secondary N) is 1. The van der Waals surface area contributed by atoms with Crippen LogP contribution < -0.4 is 5.32 Å². The molecule has 0 heterocycles. The minimum Gasteiger partial charge on any atom is -0.392 e. The van der Waals surface area contributed by atoms with Crippen LogP contribution >= 0.6 is 0 Å². The van der Waals surface area contributed by atoms with Crippen LogP contribution in [-0.2, 0) is 6.54 Å². The fourth-order valence-electron chi connectivity index (χ4n) is 2.49. The molecule has 1 saturated carbocycles. The van der Waals surface area contributed by atoms with Crippen LogP contribution in [0.5, 0.6) is 0 Å².